The number of carbonyl (C=O) groups is 1. The molecule has 0 radical (unpaired) electrons. The highest BCUT2D eigenvalue weighted by molar-refractivity contribution is 7.08. The van der Waals surface area contributed by atoms with Crippen molar-refractivity contribution in [1.29, 1.82) is 0 Å². The molecule has 5 nitrogen and oxygen atoms in total. The Hall–Kier alpha value is -1.89. The van der Waals surface area contributed by atoms with Crippen LogP contribution in [0.1, 0.15) is 28.4 Å². The molecule has 6 heteroatoms. The fourth-order valence-corrected chi connectivity index (χ4v) is 4.11. The molecular weight excluding hydrogens is 348 g/mol. The molecule has 1 aromatic heterocycles. The number of hydrogen-bond acceptors (Lipinski definition) is 5. The second kappa shape index (κ2) is 7.78. The molecule has 1 saturated heterocycles. The molecular formula is C20H24N2O3S. The Morgan fingerprint density at radius 3 is 2.88 bits per heavy atom. The van der Waals surface area contributed by atoms with Gasteiger partial charge in [-0.15, -0.1) is 0 Å². The van der Waals surface area contributed by atoms with E-state index in [-0.39, 0.29) is 11.9 Å². The van der Waals surface area contributed by atoms with E-state index in [0.29, 0.717) is 13.2 Å². The third kappa shape index (κ3) is 3.77. The van der Waals surface area contributed by atoms with Gasteiger partial charge < -0.3 is 14.4 Å². The maximum absolute atomic E-state index is 12.9. The molecule has 4 rings (SSSR count). The minimum atomic E-state index is 0.0393. The van der Waals surface area contributed by atoms with E-state index in [2.05, 4.69) is 23.1 Å². The standard InChI is InChI=1S/C20H24N2O3S/c1-15-13-25-19-3-2-16(11-21-5-7-24-8-6-21)10-18(19)12-22(15)20(23)17-4-9-26-14-17/h2-4,9-10,14-15H,5-8,11-13H2,1H3/t15-/m0/s1. The molecule has 1 fully saturated rings. The lowest BCUT2D eigenvalue weighted by atomic mass is 10.1. The molecule has 0 unspecified atom stereocenters. The number of morpholine rings is 1. The van der Waals surface area contributed by atoms with Gasteiger partial charge in [-0.1, -0.05) is 6.07 Å². The first-order chi connectivity index (χ1) is 12.7. The van der Waals surface area contributed by atoms with E-state index in [1.165, 1.54) is 5.56 Å². The van der Waals surface area contributed by atoms with Gasteiger partial charge in [-0.25, -0.2) is 0 Å². The minimum Gasteiger partial charge on any atom is -0.491 e. The molecule has 3 heterocycles. The minimum absolute atomic E-state index is 0.0393. The normalized spacial score (nSPS) is 21.0. The van der Waals surface area contributed by atoms with Crippen molar-refractivity contribution < 1.29 is 14.3 Å². The van der Waals surface area contributed by atoms with Crippen LogP contribution in [0.4, 0.5) is 0 Å². The van der Waals surface area contributed by atoms with Crippen LogP contribution in [0.2, 0.25) is 0 Å². The van der Waals surface area contributed by atoms with Gasteiger partial charge in [0.05, 0.1) is 31.4 Å². The summed E-state index contributed by atoms with van der Waals surface area (Å²) in [6, 6.07) is 8.31. The summed E-state index contributed by atoms with van der Waals surface area (Å²) < 4.78 is 11.4. The molecule has 0 N–H and O–H groups in total. The number of hydrogen-bond donors (Lipinski definition) is 0. The predicted octanol–water partition coefficient (Wildman–Crippen LogP) is 3.00. The second-order valence-corrected chi connectivity index (χ2v) is 7.72. The van der Waals surface area contributed by atoms with Gasteiger partial charge in [-0.3, -0.25) is 9.69 Å². The van der Waals surface area contributed by atoms with Gasteiger partial charge in [0.1, 0.15) is 12.4 Å². The summed E-state index contributed by atoms with van der Waals surface area (Å²) in [7, 11) is 0. The van der Waals surface area contributed by atoms with Crippen LogP contribution in [0.3, 0.4) is 0 Å². The fourth-order valence-electron chi connectivity index (χ4n) is 3.48. The highest BCUT2D eigenvalue weighted by atomic mass is 32.1. The summed E-state index contributed by atoms with van der Waals surface area (Å²) in [6.07, 6.45) is 0. The van der Waals surface area contributed by atoms with Gasteiger partial charge in [-0.05, 0) is 36.1 Å². The number of amides is 1. The first-order valence-corrected chi connectivity index (χ1v) is 10.0. The fraction of sp³-hybridized carbons (Fsp3) is 0.450. The molecule has 0 spiro atoms. The van der Waals surface area contributed by atoms with Gasteiger partial charge in [-0.2, -0.15) is 11.3 Å². The van der Waals surface area contributed by atoms with Gasteiger partial charge >= 0.3 is 0 Å². The average molecular weight is 372 g/mol. The Labute approximate surface area is 158 Å². The van der Waals surface area contributed by atoms with Crippen molar-refractivity contribution in [3.63, 3.8) is 0 Å². The van der Waals surface area contributed by atoms with Crippen molar-refractivity contribution >= 4 is 17.2 Å². The smallest absolute Gasteiger partial charge is 0.255 e. The molecule has 1 atom stereocenters. The third-order valence-electron chi connectivity index (χ3n) is 5.02. The maximum Gasteiger partial charge on any atom is 0.255 e. The quantitative estimate of drug-likeness (QED) is 0.831. The SMILES string of the molecule is C[C@H]1COc2ccc(CN3CCOCC3)cc2CN1C(=O)c1ccsc1. The largest absolute Gasteiger partial charge is 0.491 e. The summed E-state index contributed by atoms with van der Waals surface area (Å²) in [6.45, 7) is 7.59. The monoisotopic (exact) mass is 372 g/mol. The van der Waals surface area contributed by atoms with Crippen molar-refractivity contribution in [1.82, 2.24) is 9.80 Å². The van der Waals surface area contributed by atoms with E-state index < -0.39 is 0 Å². The van der Waals surface area contributed by atoms with Crippen LogP contribution >= 0.6 is 11.3 Å². The Kier molecular flexibility index (Phi) is 5.24. The highest BCUT2D eigenvalue weighted by Gasteiger charge is 2.27. The topological polar surface area (TPSA) is 42.0 Å². The molecule has 26 heavy (non-hydrogen) atoms. The number of benzene rings is 1. The summed E-state index contributed by atoms with van der Waals surface area (Å²) in [5, 5.41) is 3.86. The van der Waals surface area contributed by atoms with Crippen LogP contribution in [-0.2, 0) is 17.8 Å². The summed E-state index contributed by atoms with van der Waals surface area (Å²) in [5.74, 6) is 0.969. The summed E-state index contributed by atoms with van der Waals surface area (Å²) in [5.41, 5.74) is 3.10. The molecule has 0 saturated carbocycles. The maximum atomic E-state index is 12.9. The van der Waals surface area contributed by atoms with E-state index in [0.717, 1.165) is 49.7 Å². The molecule has 0 bridgehead atoms. The number of fused-ring (bicyclic) bond motifs is 1. The Balaban J connectivity index is 1.54. The number of rotatable bonds is 3. The lowest BCUT2D eigenvalue weighted by molar-refractivity contribution is 0.0341. The first kappa shape index (κ1) is 17.5. The van der Waals surface area contributed by atoms with Crippen LogP contribution in [0, 0.1) is 0 Å². The van der Waals surface area contributed by atoms with E-state index in [1.807, 2.05) is 28.7 Å². The van der Waals surface area contributed by atoms with E-state index in [4.69, 9.17) is 9.47 Å². The Bertz CT molecular complexity index is 756. The molecule has 1 aromatic carbocycles. The predicted molar refractivity (Wildman–Crippen MR) is 102 cm³/mol. The number of thiophene rings is 1. The van der Waals surface area contributed by atoms with Crippen LogP contribution in [0.15, 0.2) is 35.0 Å². The van der Waals surface area contributed by atoms with Crippen LogP contribution in [0.25, 0.3) is 0 Å². The molecule has 2 aromatic rings. The molecule has 0 aliphatic carbocycles. The van der Waals surface area contributed by atoms with E-state index in [1.54, 1.807) is 11.3 Å². The third-order valence-corrected chi connectivity index (χ3v) is 5.70. The number of ether oxygens (including phenoxy) is 2. The zero-order valence-corrected chi connectivity index (χ0v) is 15.8. The van der Waals surface area contributed by atoms with Crippen LogP contribution in [0.5, 0.6) is 5.75 Å². The second-order valence-electron chi connectivity index (χ2n) is 6.94. The first-order valence-electron chi connectivity index (χ1n) is 9.08. The average Bonchev–Trinajstić information content (AvgIpc) is 3.15. The molecule has 138 valence electrons. The number of nitrogens with zero attached hydrogens (tertiary/aromatic N) is 2. The lowest BCUT2D eigenvalue weighted by Gasteiger charge is -2.27. The van der Waals surface area contributed by atoms with Crippen molar-refractivity contribution in [3.8, 4) is 5.75 Å². The molecule has 1 amide bonds. The zero-order valence-electron chi connectivity index (χ0n) is 15.0. The van der Waals surface area contributed by atoms with Gasteiger partial charge in [0.2, 0.25) is 0 Å². The summed E-state index contributed by atoms with van der Waals surface area (Å²) in [4.78, 5) is 17.2. The summed E-state index contributed by atoms with van der Waals surface area (Å²) >= 11 is 1.55. The van der Waals surface area contributed by atoms with Gasteiger partial charge in [0.25, 0.3) is 5.91 Å². The van der Waals surface area contributed by atoms with E-state index in [9.17, 15) is 4.79 Å². The molecule has 2 aliphatic rings. The van der Waals surface area contributed by atoms with Gasteiger partial charge in [0.15, 0.2) is 0 Å². The van der Waals surface area contributed by atoms with Crippen LogP contribution in [-0.4, -0.2) is 54.7 Å². The highest BCUT2D eigenvalue weighted by Crippen LogP contribution is 2.28. The van der Waals surface area contributed by atoms with Crippen molar-refractivity contribution in [2.45, 2.75) is 26.1 Å². The lowest BCUT2D eigenvalue weighted by Crippen LogP contribution is -2.39. The zero-order chi connectivity index (χ0) is 17.9. The molecule has 2 aliphatic heterocycles. The van der Waals surface area contributed by atoms with Crippen LogP contribution < -0.4 is 4.74 Å². The van der Waals surface area contributed by atoms with E-state index >= 15 is 0 Å². The Morgan fingerprint density at radius 1 is 1.27 bits per heavy atom. The Morgan fingerprint density at radius 2 is 2.12 bits per heavy atom. The van der Waals surface area contributed by atoms with Crippen molar-refractivity contribution in [2.24, 2.45) is 0 Å². The van der Waals surface area contributed by atoms with Crippen molar-refractivity contribution in [2.75, 3.05) is 32.9 Å². The number of carbonyl (C=O) groups excluding carboxylic acids is 1. The van der Waals surface area contributed by atoms with Gasteiger partial charge in [0, 0.05) is 30.6 Å². The van der Waals surface area contributed by atoms with Crippen molar-refractivity contribution in [3.05, 3.63) is 51.7 Å².